The Morgan fingerprint density at radius 2 is 1.60 bits per heavy atom. The summed E-state index contributed by atoms with van der Waals surface area (Å²) in [7, 11) is 0. The van der Waals surface area contributed by atoms with Crippen molar-refractivity contribution in [2.24, 2.45) is 10.9 Å². The number of ketones is 1. The quantitative estimate of drug-likeness (QED) is 0.176. The van der Waals surface area contributed by atoms with Crippen LogP contribution in [0.5, 0.6) is 5.75 Å². The Morgan fingerprint density at radius 3 is 2.23 bits per heavy atom. The Balaban J connectivity index is 1.41. The van der Waals surface area contributed by atoms with Gasteiger partial charge in [-0.05, 0) is 93.0 Å². The van der Waals surface area contributed by atoms with E-state index in [2.05, 4.69) is 18.7 Å². The van der Waals surface area contributed by atoms with Gasteiger partial charge in [-0.1, -0.05) is 61.1 Å². The average Bonchev–Trinajstić information content (AvgIpc) is 3.47. The lowest BCUT2D eigenvalue weighted by Gasteiger charge is -2.33. The molecule has 1 heterocycles. The highest BCUT2D eigenvalue weighted by Gasteiger charge is 2.39. The summed E-state index contributed by atoms with van der Waals surface area (Å²) < 4.78 is 6.19. The van der Waals surface area contributed by atoms with Crippen molar-refractivity contribution in [3.05, 3.63) is 98.5 Å². The van der Waals surface area contributed by atoms with E-state index in [0.717, 1.165) is 37.3 Å². The predicted octanol–water partition coefficient (Wildman–Crippen LogP) is 8.21. The highest BCUT2D eigenvalue weighted by molar-refractivity contribution is 6.35. The third kappa shape index (κ3) is 8.60. The summed E-state index contributed by atoms with van der Waals surface area (Å²) in [6.07, 6.45) is 2.13. The number of rotatable bonds is 13. The molecule has 4 rings (SSSR count). The molecule has 9 heteroatoms. The Kier molecular flexibility index (Phi) is 11.3. The molecule has 0 bridgehead atoms. The standard InChI is InChI=1S/C34H38Cl3N3O3/c1-5-6-18-39(22-26-9-14-28(36)20-30(26)37)21-23(2)32-38-17-19-40(32)33(42)34(3,4)43-29-15-10-25(11-16-29)31(41)24-7-12-27(35)13-8-24/h7-16,20,23H,5-6,17-19,21-22H2,1-4H3. The fourth-order valence-corrected chi connectivity index (χ4v) is 5.77. The summed E-state index contributed by atoms with van der Waals surface area (Å²) in [5, 5.41) is 1.84. The van der Waals surface area contributed by atoms with E-state index in [1.54, 1.807) is 73.3 Å². The van der Waals surface area contributed by atoms with Gasteiger partial charge in [-0.3, -0.25) is 24.4 Å². The number of carbonyl (C=O) groups excluding carboxylic acids is 2. The molecule has 1 unspecified atom stereocenters. The number of nitrogens with zero attached hydrogens (tertiary/aromatic N) is 3. The van der Waals surface area contributed by atoms with Crippen LogP contribution in [-0.2, 0) is 11.3 Å². The zero-order chi connectivity index (χ0) is 31.1. The normalized spacial score (nSPS) is 14.1. The number of hydrogen-bond acceptors (Lipinski definition) is 5. The Labute approximate surface area is 269 Å². The van der Waals surface area contributed by atoms with Crippen LogP contribution in [0.15, 0.2) is 71.7 Å². The molecule has 0 fully saturated rings. The van der Waals surface area contributed by atoms with E-state index in [1.165, 1.54) is 0 Å². The zero-order valence-corrected chi connectivity index (χ0v) is 27.3. The Hall–Kier alpha value is -2.90. The van der Waals surface area contributed by atoms with Crippen molar-refractivity contribution >= 4 is 52.3 Å². The van der Waals surface area contributed by atoms with Crippen LogP contribution in [0.4, 0.5) is 0 Å². The minimum absolute atomic E-state index is 0.0170. The molecule has 0 spiro atoms. The summed E-state index contributed by atoms with van der Waals surface area (Å²) >= 11 is 18.5. The number of aliphatic imine (C=N–C) groups is 1. The first-order valence-corrected chi connectivity index (χ1v) is 15.7. The highest BCUT2D eigenvalue weighted by Crippen LogP contribution is 2.26. The molecule has 43 heavy (non-hydrogen) atoms. The number of unbranched alkanes of at least 4 members (excludes halogenated alkanes) is 1. The van der Waals surface area contributed by atoms with Crippen LogP contribution in [-0.4, -0.2) is 59.1 Å². The van der Waals surface area contributed by atoms with E-state index in [0.29, 0.717) is 51.6 Å². The van der Waals surface area contributed by atoms with Crippen molar-refractivity contribution in [2.75, 3.05) is 26.2 Å². The molecular formula is C34H38Cl3N3O3. The summed E-state index contributed by atoms with van der Waals surface area (Å²) in [4.78, 5) is 35.5. The first kappa shape index (κ1) is 33.0. The average molecular weight is 643 g/mol. The van der Waals surface area contributed by atoms with Gasteiger partial charge in [0, 0.05) is 51.7 Å². The van der Waals surface area contributed by atoms with E-state index in [9.17, 15) is 9.59 Å². The molecule has 0 aromatic heterocycles. The Bertz CT molecular complexity index is 1460. The van der Waals surface area contributed by atoms with Crippen LogP contribution in [0.25, 0.3) is 0 Å². The van der Waals surface area contributed by atoms with Crippen LogP contribution >= 0.6 is 34.8 Å². The predicted molar refractivity (Wildman–Crippen MR) is 176 cm³/mol. The van der Waals surface area contributed by atoms with Crippen LogP contribution < -0.4 is 4.74 Å². The maximum Gasteiger partial charge on any atom is 0.271 e. The number of ether oxygens (including phenoxy) is 1. The molecule has 0 N–H and O–H groups in total. The van der Waals surface area contributed by atoms with Crippen LogP contribution in [0, 0.1) is 5.92 Å². The lowest BCUT2D eigenvalue weighted by Crippen LogP contribution is -2.52. The number of carbonyl (C=O) groups is 2. The molecule has 228 valence electrons. The van der Waals surface area contributed by atoms with E-state index in [4.69, 9.17) is 44.5 Å². The Morgan fingerprint density at radius 1 is 0.977 bits per heavy atom. The fraction of sp³-hybridized carbons (Fsp3) is 0.382. The van der Waals surface area contributed by atoms with E-state index < -0.39 is 5.60 Å². The molecule has 1 atom stereocenters. The molecule has 3 aromatic carbocycles. The molecule has 0 aliphatic carbocycles. The van der Waals surface area contributed by atoms with Gasteiger partial charge in [-0.2, -0.15) is 0 Å². The van der Waals surface area contributed by atoms with E-state index in [-0.39, 0.29) is 17.6 Å². The van der Waals surface area contributed by atoms with Crippen LogP contribution in [0.3, 0.4) is 0 Å². The van der Waals surface area contributed by atoms with Crippen LogP contribution in [0.2, 0.25) is 15.1 Å². The van der Waals surface area contributed by atoms with Gasteiger partial charge < -0.3 is 4.74 Å². The van der Waals surface area contributed by atoms with Gasteiger partial charge in [0.1, 0.15) is 11.6 Å². The smallest absolute Gasteiger partial charge is 0.271 e. The number of amidine groups is 1. The van der Waals surface area contributed by atoms with Gasteiger partial charge in [-0.25, -0.2) is 0 Å². The number of halogens is 3. The first-order chi connectivity index (χ1) is 20.5. The van der Waals surface area contributed by atoms with Gasteiger partial charge in [0.25, 0.3) is 5.91 Å². The first-order valence-electron chi connectivity index (χ1n) is 14.6. The molecule has 1 aliphatic rings. The topological polar surface area (TPSA) is 62.2 Å². The molecule has 0 saturated heterocycles. The molecular weight excluding hydrogens is 605 g/mol. The zero-order valence-electron chi connectivity index (χ0n) is 25.1. The van der Waals surface area contributed by atoms with Gasteiger partial charge in [0.2, 0.25) is 0 Å². The van der Waals surface area contributed by atoms with E-state index in [1.807, 2.05) is 12.1 Å². The van der Waals surface area contributed by atoms with Gasteiger partial charge in [0.15, 0.2) is 11.4 Å². The lowest BCUT2D eigenvalue weighted by atomic mass is 10.0. The highest BCUT2D eigenvalue weighted by atomic mass is 35.5. The minimum Gasteiger partial charge on any atom is -0.478 e. The summed E-state index contributed by atoms with van der Waals surface area (Å²) in [6.45, 7) is 11.2. The molecule has 6 nitrogen and oxygen atoms in total. The molecule has 0 saturated carbocycles. The van der Waals surface area contributed by atoms with Crippen molar-refractivity contribution in [1.29, 1.82) is 0 Å². The molecule has 3 aromatic rings. The summed E-state index contributed by atoms with van der Waals surface area (Å²) in [5.74, 6) is 1.02. The second-order valence-corrected chi connectivity index (χ2v) is 12.7. The van der Waals surface area contributed by atoms with Crippen molar-refractivity contribution in [3.8, 4) is 5.75 Å². The van der Waals surface area contributed by atoms with Crippen molar-refractivity contribution in [3.63, 3.8) is 0 Å². The van der Waals surface area contributed by atoms with Crippen molar-refractivity contribution in [1.82, 2.24) is 9.80 Å². The number of amides is 1. The van der Waals surface area contributed by atoms with Gasteiger partial charge >= 0.3 is 0 Å². The lowest BCUT2D eigenvalue weighted by molar-refractivity contribution is -0.141. The van der Waals surface area contributed by atoms with E-state index >= 15 is 0 Å². The molecule has 1 aliphatic heterocycles. The maximum absolute atomic E-state index is 13.8. The third-order valence-corrected chi connectivity index (χ3v) is 8.28. The number of hydrogen-bond donors (Lipinski definition) is 0. The van der Waals surface area contributed by atoms with Crippen molar-refractivity contribution < 1.29 is 14.3 Å². The second kappa shape index (κ2) is 14.7. The minimum atomic E-state index is -1.15. The SMILES string of the molecule is CCCCN(Cc1ccc(Cl)cc1Cl)CC(C)C1=NCCN1C(=O)C(C)(C)Oc1ccc(C(=O)c2ccc(Cl)cc2)cc1. The monoisotopic (exact) mass is 641 g/mol. The maximum atomic E-state index is 13.8. The fourth-order valence-electron chi connectivity index (χ4n) is 5.17. The number of benzene rings is 3. The molecule has 0 radical (unpaired) electrons. The second-order valence-electron chi connectivity index (χ2n) is 11.4. The largest absolute Gasteiger partial charge is 0.478 e. The molecule has 1 amide bonds. The van der Waals surface area contributed by atoms with Gasteiger partial charge in [0.05, 0.1) is 6.54 Å². The van der Waals surface area contributed by atoms with Crippen molar-refractivity contribution in [2.45, 2.75) is 52.7 Å². The van der Waals surface area contributed by atoms with Gasteiger partial charge in [-0.15, -0.1) is 0 Å². The summed E-state index contributed by atoms with van der Waals surface area (Å²) in [5.41, 5.74) is 0.943. The third-order valence-electron chi connectivity index (χ3n) is 7.44. The van der Waals surface area contributed by atoms with Crippen LogP contribution in [0.1, 0.15) is 62.0 Å². The summed E-state index contributed by atoms with van der Waals surface area (Å²) in [6, 6.07) is 19.2.